The molecular weight excluding hydrogens is 706 g/mol. The van der Waals surface area contributed by atoms with Crippen molar-refractivity contribution in [3.8, 4) is 0 Å². The van der Waals surface area contributed by atoms with Gasteiger partial charge in [0.05, 0.1) is 0 Å². The summed E-state index contributed by atoms with van der Waals surface area (Å²) in [5, 5.41) is 0. The van der Waals surface area contributed by atoms with E-state index in [2.05, 4.69) is 0 Å². The van der Waals surface area contributed by atoms with Crippen LogP contribution in [-0.4, -0.2) is 25.9 Å². The standard InChI is InChI=1S/2Ce.3F6Si/c;;3*1-7(2,3,4,5)6/q2*+3;3*-2. The number of hydrogen-bond acceptors (Lipinski definition) is 0. The molecule has 23 heavy (non-hydrogen) atoms. The van der Waals surface area contributed by atoms with E-state index in [0.29, 0.717) is 0 Å². The summed E-state index contributed by atoms with van der Waals surface area (Å²) in [6.07, 6.45) is 0. The summed E-state index contributed by atoms with van der Waals surface area (Å²) < 4.78 is 178. The van der Waals surface area contributed by atoms with Crippen LogP contribution in [0.25, 0.3) is 0 Å². The van der Waals surface area contributed by atoms with Crippen LogP contribution < -0.4 is 0 Å². The van der Waals surface area contributed by atoms with Gasteiger partial charge in [-0.25, -0.2) is 0 Å². The van der Waals surface area contributed by atoms with Gasteiger partial charge in [0.25, 0.3) is 0 Å². The number of halogens is 18. The van der Waals surface area contributed by atoms with Crippen molar-refractivity contribution in [1.29, 1.82) is 0 Å². The van der Waals surface area contributed by atoms with Gasteiger partial charge in [-0.1, -0.05) is 0 Å². The molecule has 23 heteroatoms. The Morgan fingerprint density at radius 1 is 0.217 bits per heavy atom. The van der Waals surface area contributed by atoms with Gasteiger partial charge < -0.3 is 0 Å². The van der Waals surface area contributed by atoms with Crippen LogP contribution in [0.15, 0.2) is 0 Å². The van der Waals surface area contributed by atoms with E-state index in [1.165, 1.54) is 0 Å². The van der Waals surface area contributed by atoms with Crippen molar-refractivity contribution >= 4 is 25.9 Å². The van der Waals surface area contributed by atoms with Crippen LogP contribution in [0.2, 0.25) is 0 Å². The molecule has 0 saturated heterocycles. The van der Waals surface area contributed by atoms with E-state index in [-0.39, 0.29) is 83.5 Å². The Morgan fingerprint density at radius 2 is 0.217 bits per heavy atom. The first kappa shape index (κ1) is 36.1. The summed E-state index contributed by atoms with van der Waals surface area (Å²) in [5.74, 6) is 0. The molecule has 0 atom stereocenters. The van der Waals surface area contributed by atoms with Crippen LogP contribution in [-0.2, 0) is 0 Å². The van der Waals surface area contributed by atoms with Gasteiger partial charge in [0, 0.05) is 0 Å². The molecule has 0 N–H and O–H groups in total. The van der Waals surface area contributed by atoms with Crippen molar-refractivity contribution in [2.75, 3.05) is 0 Å². The second kappa shape index (κ2) is 5.82. The zero-order chi connectivity index (χ0) is 19.2. The van der Waals surface area contributed by atoms with Crippen molar-refractivity contribution in [3.05, 3.63) is 0 Å². The van der Waals surface area contributed by atoms with Crippen molar-refractivity contribution in [1.82, 2.24) is 0 Å². The molecule has 0 aromatic heterocycles. The fraction of sp³-hybridized carbons (Fsp3) is 0. The first-order chi connectivity index (χ1) is 7.35. The van der Waals surface area contributed by atoms with Crippen LogP contribution in [0, 0.1) is 83.5 Å². The third-order valence-electron chi connectivity index (χ3n) is 0. The average Bonchev–Trinajstić information content (AvgIpc) is 1.19. The Morgan fingerprint density at radius 3 is 0.217 bits per heavy atom. The maximum Gasteiger partial charge on any atom is 3.00 e. The molecule has 0 fully saturated rings. The van der Waals surface area contributed by atoms with Crippen molar-refractivity contribution in [2.45, 2.75) is 0 Å². The normalized spacial score (nSPS) is 21.1. The first-order valence-corrected chi connectivity index (χ1v) is 10.2. The van der Waals surface area contributed by atoms with Crippen molar-refractivity contribution in [2.24, 2.45) is 0 Å². The van der Waals surface area contributed by atoms with Crippen molar-refractivity contribution < 1.29 is 157 Å². The van der Waals surface area contributed by atoms with Gasteiger partial charge in [-0.3, -0.25) is 0 Å². The minimum Gasteiger partial charge on any atom is 3.00 e. The summed E-state index contributed by atoms with van der Waals surface area (Å²) in [5.41, 5.74) is 0. The maximum absolute atomic E-state index is 10.8. The van der Waals surface area contributed by atoms with Gasteiger partial charge in [0.1, 0.15) is 0 Å². The number of rotatable bonds is 0. The molecule has 0 aliphatic carbocycles. The van der Waals surface area contributed by atoms with Gasteiger partial charge in [0.2, 0.25) is 0 Å². The van der Waals surface area contributed by atoms with E-state index >= 15 is 0 Å². The number of hydrogen-bond donors (Lipinski definition) is 0. The molecule has 0 rings (SSSR count). The van der Waals surface area contributed by atoms with E-state index in [4.69, 9.17) is 0 Å². The molecule has 0 aliphatic rings. The third kappa shape index (κ3) is 2580. The van der Waals surface area contributed by atoms with Crippen LogP contribution in [0.4, 0.5) is 73.9 Å². The van der Waals surface area contributed by atoms with Gasteiger partial charge >= 0.3 is 183 Å². The van der Waals surface area contributed by atoms with E-state index in [0.717, 1.165) is 0 Å². The second-order valence-electron chi connectivity index (χ2n) is 3.21. The van der Waals surface area contributed by atoms with E-state index < -0.39 is 25.9 Å². The summed E-state index contributed by atoms with van der Waals surface area (Å²) in [6.45, 7) is 0. The van der Waals surface area contributed by atoms with E-state index in [1.807, 2.05) is 0 Å². The minimum absolute atomic E-state index is 0. The minimum atomic E-state index is -10.8. The summed E-state index contributed by atoms with van der Waals surface area (Å²) in [7, 11) is -32.5. The monoisotopic (exact) mass is 706 g/mol. The molecule has 146 valence electrons. The van der Waals surface area contributed by atoms with Crippen LogP contribution in [0.5, 0.6) is 0 Å². The molecule has 0 nitrogen and oxygen atoms in total. The fourth-order valence-corrected chi connectivity index (χ4v) is 0. The van der Waals surface area contributed by atoms with Gasteiger partial charge in [-0.15, -0.1) is 0 Å². The van der Waals surface area contributed by atoms with E-state index in [9.17, 15) is 73.9 Å². The van der Waals surface area contributed by atoms with Gasteiger partial charge in [-0.05, 0) is 0 Å². The molecule has 0 aliphatic heterocycles. The van der Waals surface area contributed by atoms with Crippen molar-refractivity contribution in [3.63, 3.8) is 0 Å². The maximum atomic E-state index is 9.88. The largest absolute Gasteiger partial charge is 3.00 e. The SMILES string of the molecule is F[Si-2](F)(F)(F)(F)F.F[Si-2](F)(F)(F)(F)F.F[Si-2](F)(F)(F)(F)F.[Ce+3].[Ce+3]. The molecule has 0 aromatic rings. The second-order valence-corrected chi connectivity index (χ2v) is 9.64. The Bertz CT molecular complexity index is 269. The van der Waals surface area contributed by atoms with Gasteiger partial charge in [0.15, 0.2) is 0 Å². The Labute approximate surface area is 181 Å². The predicted octanol–water partition coefficient (Wildman–Crippen LogP) is 6.42. The molecule has 0 bridgehead atoms. The van der Waals surface area contributed by atoms with Crippen LogP contribution >= 0.6 is 0 Å². The molecule has 0 saturated carbocycles. The molecular formula is Ce2F18Si3. The Hall–Kier alpha value is 2.14. The average molecular weight is 706 g/mol. The molecule has 2 radical (unpaired) electrons. The molecule has 0 amide bonds. The summed E-state index contributed by atoms with van der Waals surface area (Å²) in [6, 6.07) is 0. The summed E-state index contributed by atoms with van der Waals surface area (Å²) >= 11 is 0. The molecule has 0 unspecified atom stereocenters. The molecule has 0 heterocycles. The zero-order valence-electron chi connectivity index (χ0n) is 9.30. The first-order valence-electron chi connectivity index (χ1n) is 3.40. The third-order valence-corrected chi connectivity index (χ3v) is 0. The fourth-order valence-electron chi connectivity index (χ4n) is 0. The smallest absolute Gasteiger partial charge is 3.00 e. The predicted molar refractivity (Wildman–Crippen MR) is 37.2 cm³/mol. The van der Waals surface area contributed by atoms with Crippen LogP contribution in [0.3, 0.4) is 0 Å². The van der Waals surface area contributed by atoms with Crippen LogP contribution in [0.1, 0.15) is 0 Å². The zero-order valence-corrected chi connectivity index (χ0v) is 18.6. The molecule has 0 aromatic carbocycles. The van der Waals surface area contributed by atoms with Gasteiger partial charge in [-0.2, -0.15) is 0 Å². The Balaban J connectivity index is -0.0000000675. The Kier molecular flexibility index (Phi) is 9.14. The molecule has 0 spiro atoms. The van der Waals surface area contributed by atoms with E-state index in [1.54, 1.807) is 0 Å². The quantitative estimate of drug-likeness (QED) is 0.155. The topological polar surface area (TPSA) is 0 Å². The summed E-state index contributed by atoms with van der Waals surface area (Å²) in [4.78, 5) is 0.